The number of H-pyrrole nitrogens is 1. The number of anilines is 1. The highest BCUT2D eigenvalue weighted by molar-refractivity contribution is 6.32. The maximum Gasteiger partial charge on any atom is 0.272 e. The number of aromatic nitrogens is 1. The molecule has 1 heterocycles. The summed E-state index contributed by atoms with van der Waals surface area (Å²) in [6, 6.07) is 13.7. The average molecular weight is 329 g/mol. The molecule has 0 saturated carbocycles. The van der Waals surface area contributed by atoms with E-state index in [1.54, 1.807) is 42.5 Å². The van der Waals surface area contributed by atoms with Crippen molar-refractivity contribution in [1.29, 1.82) is 0 Å². The van der Waals surface area contributed by atoms with E-state index in [0.29, 0.717) is 27.2 Å². The van der Waals surface area contributed by atoms with Crippen LogP contribution < -0.4 is 15.6 Å². The minimum Gasteiger partial charge on any atom is -0.493 e. The van der Waals surface area contributed by atoms with Gasteiger partial charge in [0.1, 0.15) is 5.69 Å². The van der Waals surface area contributed by atoms with Crippen LogP contribution in [0, 0.1) is 0 Å². The van der Waals surface area contributed by atoms with E-state index in [-0.39, 0.29) is 11.3 Å². The molecule has 0 saturated heterocycles. The topological polar surface area (TPSA) is 71.2 Å². The average Bonchev–Trinajstić information content (AvgIpc) is 2.55. The fraction of sp³-hybridized carbons (Fsp3) is 0.0588. The number of pyridine rings is 1. The highest BCUT2D eigenvalue weighted by Gasteiger charge is 2.13. The van der Waals surface area contributed by atoms with Crippen LogP contribution >= 0.6 is 11.6 Å². The minimum atomic E-state index is -0.451. The summed E-state index contributed by atoms with van der Waals surface area (Å²) in [5.74, 6) is -0.0842. The fourth-order valence-electron chi connectivity index (χ4n) is 2.34. The van der Waals surface area contributed by atoms with Gasteiger partial charge in [-0.3, -0.25) is 9.59 Å². The van der Waals surface area contributed by atoms with Gasteiger partial charge in [-0.2, -0.15) is 0 Å². The number of halogens is 1. The van der Waals surface area contributed by atoms with Crippen LogP contribution in [0.15, 0.2) is 53.3 Å². The van der Waals surface area contributed by atoms with Crippen molar-refractivity contribution in [1.82, 2.24) is 4.98 Å². The molecule has 2 N–H and O–H groups in total. The molecule has 1 aromatic heterocycles. The van der Waals surface area contributed by atoms with E-state index in [0.717, 1.165) is 0 Å². The van der Waals surface area contributed by atoms with E-state index in [9.17, 15) is 9.59 Å². The van der Waals surface area contributed by atoms with Gasteiger partial charge in [0.05, 0.1) is 17.8 Å². The van der Waals surface area contributed by atoms with Crippen molar-refractivity contribution in [2.45, 2.75) is 0 Å². The molecule has 0 radical (unpaired) electrons. The van der Waals surface area contributed by atoms with Crippen molar-refractivity contribution in [2.75, 3.05) is 12.4 Å². The zero-order valence-corrected chi connectivity index (χ0v) is 13.0. The van der Waals surface area contributed by atoms with Crippen LogP contribution in [0.2, 0.25) is 5.02 Å². The van der Waals surface area contributed by atoms with Crippen molar-refractivity contribution in [3.05, 3.63) is 69.6 Å². The summed E-state index contributed by atoms with van der Waals surface area (Å²) < 4.78 is 5.19. The first kappa shape index (κ1) is 15.1. The van der Waals surface area contributed by atoms with Gasteiger partial charge >= 0.3 is 0 Å². The molecule has 0 aliphatic heterocycles. The van der Waals surface area contributed by atoms with E-state index < -0.39 is 5.91 Å². The Kier molecular flexibility index (Phi) is 4.04. The molecule has 0 aliphatic rings. The molecule has 0 atom stereocenters. The molecule has 3 aromatic rings. The van der Waals surface area contributed by atoms with E-state index in [1.807, 2.05) is 6.07 Å². The molecule has 0 fully saturated rings. The van der Waals surface area contributed by atoms with Crippen LogP contribution in [0.25, 0.3) is 10.8 Å². The SMILES string of the molecule is COc1c(Cl)cccc1NC(=O)c1cc2ccccc2c(=O)[nH]1. The van der Waals surface area contributed by atoms with Crippen LogP contribution in [0.4, 0.5) is 5.69 Å². The number of methoxy groups -OCH3 is 1. The number of nitrogens with one attached hydrogen (secondary N) is 2. The second kappa shape index (κ2) is 6.14. The molecule has 116 valence electrons. The number of hydrogen-bond donors (Lipinski definition) is 2. The smallest absolute Gasteiger partial charge is 0.272 e. The van der Waals surface area contributed by atoms with E-state index >= 15 is 0 Å². The first-order chi connectivity index (χ1) is 11.1. The van der Waals surface area contributed by atoms with Crippen LogP contribution in [-0.4, -0.2) is 18.0 Å². The quantitative estimate of drug-likeness (QED) is 0.773. The van der Waals surface area contributed by atoms with Crippen molar-refractivity contribution in [3.63, 3.8) is 0 Å². The maximum atomic E-state index is 12.4. The number of hydrogen-bond acceptors (Lipinski definition) is 3. The molecule has 23 heavy (non-hydrogen) atoms. The lowest BCUT2D eigenvalue weighted by molar-refractivity contribution is 0.102. The van der Waals surface area contributed by atoms with Crippen LogP contribution in [0.5, 0.6) is 5.75 Å². The lowest BCUT2D eigenvalue weighted by Gasteiger charge is -2.11. The number of carbonyl (C=O) groups excluding carboxylic acids is 1. The standard InChI is InChI=1S/C17H13ClN2O3/c1-23-15-12(18)7-4-8-13(15)19-17(22)14-9-10-5-2-3-6-11(10)16(21)20-14/h2-9H,1H3,(H,19,22)(H,20,21). The lowest BCUT2D eigenvalue weighted by Crippen LogP contribution is -2.19. The van der Waals surface area contributed by atoms with Gasteiger partial charge in [-0.25, -0.2) is 0 Å². The summed E-state index contributed by atoms with van der Waals surface area (Å²) in [6.07, 6.45) is 0. The van der Waals surface area contributed by atoms with E-state index in [2.05, 4.69) is 10.3 Å². The van der Waals surface area contributed by atoms with E-state index in [1.165, 1.54) is 7.11 Å². The van der Waals surface area contributed by atoms with Crippen LogP contribution in [-0.2, 0) is 0 Å². The Labute approximate surface area is 136 Å². The summed E-state index contributed by atoms with van der Waals surface area (Å²) in [4.78, 5) is 27.0. The van der Waals surface area contributed by atoms with Gasteiger partial charge in [0.15, 0.2) is 5.75 Å². The predicted octanol–water partition coefficient (Wildman–Crippen LogP) is 3.44. The number of fused-ring (bicyclic) bond motifs is 1. The van der Waals surface area contributed by atoms with Gasteiger partial charge in [-0.15, -0.1) is 0 Å². The molecule has 2 aromatic carbocycles. The van der Waals surface area contributed by atoms with Crippen LogP contribution in [0.1, 0.15) is 10.5 Å². The third kappa shape index (κ3) is 2.91. The second-order valence-corrected chi connectivity index (χ2v) is 5.28. The first-order valence-corrected chi connectivity index (χ1v) is 7.24. The molecule has 6 heteroatoms. The summed E-state index contributed by atoms with van der Waals surface area (Å²) in [5, 5.41) is 4.30. The molecule has 3 rings (SSSR count). The second-order valence-electron chi connectivity index (χ2n) is 4.87. The Morgan fingerprint density at radius 3 is 2.74 bits per heavy atom. The van der Waals surface area contributed by atoms with E-state index in [4.69, 9.17) is 16.3 Å². The van der Waals surface area contributed by atoms with Crippen molar-refractivity contribution >= 4 is 34.0 Å². The number of ether oxygens (including phenoxy) is 1. The van der Waals surface area contributed by atoms with Crippen molar-refractivity contribution < 1.29 is 9.53 Å². The zero-order chi connectivity index (χ0) is 16.4. The van der Waals surface area contributed by atoms with Gasteiger partial charge in [-0.1, -0.05) is 35.9 Å². The van der Waals surface area contributed by atoms with Crippen LogP contribution in [0.3, 0.4) is 0 Å². The third-order valence-electron chi connectivity index (χ3n) is 3.42. The molecule has 0 aliphatic carbocycles. The summed E-state index contributed by atoms with van der Waals surface area (Å²) >= 11 is 6.03. The number of rotatable bonds is 3. The molecule has 1 amide bonds. The van der Waals surface area contributed by atoms with Gasteiger partial charge in [0.2, 0.25) is 0 Å². The molecule has 5 nitrogen and oxygen atoms in total. The Morgan fingerprint density at radius 2 is 1.96 bits per heavy atom. The number of para-hydroxylation sites is 1. The lowest BCUT2D eigenvalue weighted by atomic mass is 10.1. The molecule has 0 bridgehead atoms. The number of carbonyl (C=O) groups is 1. The van der Waals surface area contributed by atoms with Crippen molar-refractivity contribution in [3.8, 4) is 5.75 Å². The fourth-order valence-corrected chi connectivity index (χ4v) is 2.59. The summed E-state index contributed by atoms with van der Waals surface area (Å²) in [7, 11) is 1.47. The van der Waals surface area contributed by atoms with Gasteiger partial charge < -0.3 is 15.0 Å². The van der Waals surface area contributed by atoms with Gasteiger partial charge in [0.25, 0.3) is 11.5 Å². The third-order valence-corrected chi connectivity index (χ3v) is 3.72. The number of amides is 1. The highest BCUT2D eigenvalue weighted by atomic mass is 35.5. The highest BCUT2D eigenvalue weighted by Crippen LogP contribution is 2.32. The molecular weight excluding hydrogens is 316 g/mol. The Morgan fingerprint density at radius 1 is 1.17 bits per heavy atom. The molecule has 0 unspecified atom stereocenters. The molecule has 0 spiro atoms. The van der Waals surface area contributed by atoms with Crippen molar-refractivity contribution in [2.24, 2.45) is 0 Å². The van der Waals surface area contributed by atoms with Gasteiger partial charge in [0, 0.05) is 5.39 Å². The minimum absolute atomic E-state index is 0.163. The maximum absolute atomic E-state index is 12.4. The summed E-state index contributed by atoms with van der Waals surface area (Å²) in [5.41, 5.74) is 0.279. The predicted molar refractivity (Wildman–Crippen MR) is 90.5 cm³/mol. The Bertz CT molecular complexity index is 950. The van der Waals surface area contributed by atoms with Gasteiger partial charge in [-0.05, 0) is 29.7 Å². The Balaban J connectivity index is 1.99. The first-order valence-electron chi connectivity index (χ1n) is 6.86. The Hall–Kier alpha value is -2.79. The monoisotopic (exact) mass is 328 g/mol. The number of benzene rings is 2. The largest absolute Gasteiger partial charge is 0.493 e. The number of aromatic amines is 1. The molecular formula is C17H13ClN2O3. The normalized spacial score (nSPS) is 10.5. The summed E-state index contributed by atoms with van der Waals surface area (Å²) in [6.45, 7) is 0. The zero-order valence-electron chi connectivity index (χ0n) is 12.2.